The summed E-state index contributed by atoms with van der Waals surface area (Å²) in [6, 6.07) is 13.1. The maximum atomic E-state index is 13.7. The van der Waals surface area contributed by atoms with E-state index >= 15 is 0 Å². The molecule has 0 fully saturated rings. The number of ether oxygens (including phenoxy) is 1. The van der Waals surface area contributed by atoms with E-state index in [1.54, 1.807) is 42.5 Å². The van der Waals surface area contributed by atoms with Crippen molar-refractivity contribution in [3.8, 4) is 5.75 Å². The first-order valence-corrected chi connectivity index (χ1v) is 8.73. The highest BCUT2D eigenvalue weighted by Crippen LogP contribution is 2.27. The van der Waals surface area contributed by atoms with Crippen LogP contribution in [0.25, 0.3) is 0 Å². The van der Waals surface area contributed by atoms with Crippen LogP contribution in [-0.2, 0) is 10.8 Å². The molecule has 2 rings (SSSR count). The third-order valence-corrected chi connectivity index (χ3v) is 4.75. The molecule has 0 aromatic heterocycles. The van der Waals surface area contributed by atoms with Gasteiger partial charge >= 0.3 is 5.38 Å². The van der Waals surface area contributed by atoms with Crippen molar-refractivity contribution in [2.75, 3.05) is 12.9 Å². The van der Waals surface area contributed by atoms with Crippen molar-refractivity contribution in [3.63, 3.8) is 0 Å². The SMILES string of the molecule is COc1cccc(N=C(CS(=O)c2ccc(C)cc2)C(F)(F)Cl)c1. The van der Waals surface area contributed by atoms with E-state index in [0.29, 0.717) is 10.6 Å². The molecular weight excluding hydrogens is 356 g/mol. The Morgan fingerprint density at radius 3 is 2.50 bits per heavy atom. The zero-order valence-electron chi connectivity index (χ0n) is 13.1. The molecule has 0 amide bonds. The van der Waals surface area contributed by atoms with Crippen molar-refractivity contribution in [3.05, 3.63) is 54.1 Å². The van der Waals surface area contributed by atoms with Gasteiger partial charge in [-0.1, -0.05) is 23.8 Å². The van der Waals surface area contributed by atoms with E-state index in [2.05, 4.69) is 4.99 Å². The van der Waals surface area contributed by atoms with Crippen molar-refractivity contribution < 1.29 is 17.7 Å². The predicted molar refractivity (Wildman–Crippen MR) is 93.3 cm³/mol. The van der Waals surface area contributed by atoms with Crippen molar-refractivity contribution in [1.82, 2.24) is 0 Å². The number of aliphatic imine (C=N–C) groups is 1. The van der Waals surface area contributed by atoms with Gasteiger partial charge in [0.25, 0.3) is 0 Å². The van der Waals surface area contributed by atoms with Gasteiger partial charge in [-0.3, -0.25) is 4.21 Å². The average molecular weight is 372 g/mol. The van der Waals surface area contributed by atoms with Gasteiger partial charge in [-0.25, -0.2) is 4.99 Å². The Morgan fingerprint density at radius 2 is 1.92 bits per heavy atom. The van der Waals surface area contributed by atoms with Crippen LogP contribution in [0.1, 0.15) is 5.56 Å². The lowest BCUT2D eigenvalue weighted by atomic mass is 10.2. The number of alkyl halides is 3. The fourth-order valence-corrected chi connectivity index (χ4v) is 3.20. The lowest BCUT2D eigenvalue weighted by molar-refractivity contribution is 0.175. The number of methoxy groups -OCH3 is 1. The molecule has 0 spiro atoms. The van der Waals surface area contributed by atoms with Crippen molar-refractivity contribution >= 4 is 33.8 Å². The fraction of sp³-hybridized carbons (Fsp3) is 0.235. The second kappa shape index (κ2) is 7.85. The number of rotatable bonds is 6. The van der Waals surface area contributed by atoms with Crippen LogP contribution >= 0.6 is 11.6 Å². The molecule has 128 valence electrons. The minimum atomic E-state index is -3.69. The topological polar surface area (TPSA) is 38.7 Å². The molecule has 7 heteroatoms. The molecule has 0 saturated carbocycles. The fourth-order valence-electron chi connectivity index (χ4n) is 1.91. The number of benzene rings is 2. The predicted octanol–water partition coefficient (Wildman–Crippen LogP) is 4.72. The highest BCUT2D eigenvalue weighted by molar-refractivity contribution is 7.85. The first kappa shape index (κ1) is 18.5. The van der Waals surface area contributed by atoms with E-state index in [-0.39, 0.29) is 5.69 Å². The summed E-state index contributed by atoms with van der Waals surface area (Å²) in [7, 11) is -0.211. The molecule has 1 atom stereocenters. The lowest BCUT2D eigenvalue weighted by Crippen LogP contribution is -2.27. The van der Waals surface area contributed by atoms with Crippen LogP contribution in [0.3, 0.4) is 0 Å². The van der Waals surface area contributed by atoms with E-state index in [9.17, 15) is 13.0 Å². The van der Waals surface area contributed by atoms with E-state index in [1.165, 1.54) is 13.2 Å². The molecule has 0 aliphatic rings. The van der Waals surface area contributed by atoms with Crippen LogP contribution in [0.2, 0.25) is 0 Å². The van der Waals surface area contributed by atoms with Gasteiger partial charge < -0.3 is 4.74 Å². The Morgan fingerprint density at radius 1 is 1.25 bits per heavy atom. The normalized spacial score (nSPS) is 13.6. The molecule has 24 heavy (non-hydrogen) atoms. The standard InChI is InChI=1S/C17H16ClF2NO2S/c1-12-6-8-15(9-7-12)24(22)11-16(17(18,19)20)21-13-4-3-5-14(10-13)23-2/h3-10H,11H2,1-2H3. The van der Waals surface area contributed by atoms with Gasteiger partial charge in [0.1, 0.15) is 11.5 Å². The molecule has 2 aromatic rings. The largest absolute Gasteiger partial charge is 0.497 e. The van der Waals surface area contributed by atoms with Gasteiger partial charge in [-0.15, -0.1) is 0 Å². The zero-order chi connectivity index (χ0) is 17.7. The quantitative estimate of drug-likeness (QED) is 0.544. The van der Waals surface area contributed by atoms with E-state index < -0.39 is 27.6 Å². The second-order valence-electron chi connectivity index (χ2n) is 5.06. The Balaban J connectivity index is 2.30. The molecular formula is C17H16ClF2NO2S. The van der Waals surface area contributed by atoms with E-state index in [0.717, 1.165) is 5.56 Å². The van der Waals surface area contributed by atoms with Gasteiger partial charge in [0.05, 0.1) is 29.3 Å². The summed E-state index contributed by atoms with van der Waals surface area (Å²) in [5.41, 5.74) is 0.589. The summed E-state index contributed by atoms with van der Waals surface area (Å²) in [6.45, 7) is 1.88. The van der Waals surface area contributed by atoms with Crippen LogP contribution in [0.5, 0.6) is 5.75 Å². The molecule has 3 nitrogen and oxygen atoms in total. The molecule has 2 aromatic carbocycles. The lowest BCUT2D eigenvalue weighted by Gasteiger charge is -2.12. The summed E-state index contributed by atoms with van der Waals surface area (Å²) in [4.78, 5) is 4.33. The molecule has 0 radical (unpaired) electrons. The second-order valence-corrected chi connectivity index (χ2v) is 6.99. The maximum absolute atomic E-state index is 13.7. The summed E-state index contributed by atoms with van der Waals surface area (Å²) < 4.78 is 44.7. The summed E-state index contributed by atoms with van der Waals surface area (Å²) in [6.07, 6.45) is 0. The Hall–Kier alpha value is -1.79. The Bertz CT molecular complexity index is 758. The number of aryl methyl sites for hydroxylation is 1. The van der Waals surface area contributed by atoms with Crippen molar-refractivity contribution in [1.29, 1.82) is 0 Å². The molecule has 0 aliphatic carbocycles. The van der Waals surface area contributed by atoms with Gasteiger partial charge in [0.15, 0.2) is 0 Å². The smallest absolute Gasteiger partial charge is 0.361 e. The summed E-state index contributed by atoms with van der Waals surface area (Å²) in [5, 5.41) is -3.69. The van der Waals surface area contributed by atoms with Crippen molar-refractivity contribution in [2.24, 2.45) is 4.99 Å². The van der Waals surface area contributed by atoms with Gasteiger partial charge in [-0.2, -0.15) is 8.78 Å². The van der Waals surface area contributed by atoms with E-state index in [1.807, 2.05) is 6.92 Å². The summed E-state index contributed by atoms with van der Waals surface area (Å²) in [5.74, 6) is 0.0182. The van der Waals surface area contributed by atoms with Gasteiger partial charge in [0, 0.05) is 11.0 Å². The third kappa shape index (κ3) is 5.11. The molecule has 0 bridgehead atoms. The van der Waals surface area contributed by atoms with Gasteiger partial charge in [0.2, 0.25) is 0 Å². The number of nitrogens with zero attached hydrogens (tertiary/aromatic N) is 1. The highest BCUT2D eigenvalue weighted by Gasteiger charge is 2.34. The third-order valence-electron chi connectivity index (χ3n) is 3.20. The number of hydrogen-bond acceptors (Lipinski definition) is 3. The summed E-state index contributed by atoms with van der Waals surface area (Å²) >= 11 is 5.15. The number of hydrogen-bond donors (Lipinski definition) is 0. The monoisotopic (exact) mass is 371 g/mol. The average Bonchev–Trinajstić information content (AvgIpc) is 2.54. The van der Waals surface area contributed by atoms with E-state index in [4.69, 9.17) is 16.3 Å². The Labute approximate surface area is 146 Å². The van der Waals surface area contributed by atoms with Crippen LogP contribution in [0.15, 0.2) is 58.4 Å². The van der Waals surface area contributed by atoms with Crippen LogP contribution in [-0.4, -0.2) is 28.2 Å². The molecule has 0 saturated heterocycles. The van der Waals surface area contributed by atoms with Gasteiger partial charge in [-0.05, 0) is 42.8 Å². The first-order chi connectivity index (χ1) is 11.3. The number of halogens is 3. The minimum Gasteiger partial charge on any atom is -0.497 e. The molecule has 0 aliphatic heterocycles. The maximum Gasteiger partial charge on any atom is 0.361 e. The van der Waals surface area contributed by atoms with Crippen molar-refractivity contribution in [2.45, 2.75) is 17.2 Å². The highest BCUT2D eigenvalue weighted by atomic mass is 35.5. The molecule has 0 N–H and O–H groups in total. The van der Waals surface area contributed by atoms with Crippen LogP contribution in [0.4, 0.5) is 14.5 Å². The molecule has 1 unspecified atom stereocenters. The van der Waals surface area contributed by atoms with Crippen LogP contribution < -0.4 is 4.74 Å². The van der Waals surface area contributed by atoms with Crippen LogP contribution in [0, 0.1) is 6.92 Å². The zero-order valence-corrected chi connectivity index (χ0v) is 14.7. The Kier molecular flexibility index (Phi) is 6.07. The first-order valence-electron chi connectivity index (χ1n) is 7.03. The minimum absolute atomic E-state index is 0.255. The molecule has 0 heterocycles.